The van der Waals surface area contributed by atoms with Crippen LogP contribution in [0.1, 0.15) is 20.8 Å². The molecule has 0 aromatic heterocycles. The first kappa shape index (κ1) is 11.8. The first-order valence-corrected chi connectivity index (χ1v) is 5.68. The Morgan fingerprint density at radius 3 is 2.82 bits per heavy atom. The highest BCUT2D eigenvalue weighted by Gasteiger charge is 2.29. The Hall–Kier alpha value is -1.71. The predicted molar refractivity (Wildman–Crippen MR) is 65.2 cm³/mol. The monoisotopic (exact) mass is 235 g/mol. The maximum Gasteiger partial charge on any atom is 0.349 e. The molecule has 1 heterocycles. The second-order valence-electron chi connectivity index (χ2n) is 5.02. The highest BCUT2D eigenvalue weighted by atomic mass is 16.6. The Morgan fingerprint density at radius 1 is 1.41 bits per heavy atom. The average molecular weight is 235 g/mol. The van der Waals surface area contributed by atoms with Gasteiger partial charge in [-0.15, -0.1) is 0 Å². The number of para-hydroxylation sites is 2. The molecule has 1 unspecified atom stereocenters. The zero-order chi connectivity index (χ0) is 12.5. The molecule has 0 radical (unpaired) electrons. The van der Waals surface area contributed by atoms with Gasteiger partial charge < -0.3 is 14.8 Å². The number of fused-ring (bicyclic) bond motifs is 1. The van der Waals surface area contributed by atoms with E-state index in [4.69, 9.17) is 9.47 Å². The average Bonchev–Trinajstić information content (AvgIpc) is 2.26. The number of ether oxygens (including phenoxy) is 2. The van der Waals surface area contributed by atoms with Crippen LogP contribution in [0.5, 0.6) is 5.75 Å². The van der Waals surface area contributed by atoms with Gasteiger partial charge in [-0.25, -0.2) is 4.79 Å². The van der Waals surface area contributed by atoms with Crippen LogP contribution in [0.4, 0.5) is 5.69 Å². The van der Waals surface area contributed by atoms with E-state index >= 15 is 0 Å². The van der Waals surface area contributed by atoms with E-state index in [-0.39, 0.29) is 5.97 Å². The largest absolute Gasteiger partial charge is 0.475 e. The summed E-state index contributed by atoms with van der Waals surface area (Å²) in [4.78, 5) is 11.8. The smallest absolute Gasteiger partial charge is 0.349 e. The van der Waals surface area contributed by atoms with E-state index in [0.29, 0.717) is 12.3 Å². The van der Waals surface area contributed by atoms with E-state index in [9.17, 15) is 4.79 Å². The van der Waals surface area contributed by atoms with Crippen molar-refractivity contribution in [1.82, 2.24) is 0 Å². The number of benzene rings is 1. The topological polar surface area (TPSA) is 47.6 Å². The molecule has 0 amide bonds. The van der Waals surface area contributed by atoms with Crippen molar-refractivity contribution in [1.29, 1.82) is 0 Å². The molecule has 0 aliphatic carbocycles. The minimum Gasteiger partial charge on any atom is -0.475 e. The van der Waals surface area contributed by atoms with Gasteiger partial charge in [0, 0.05) is 0 Å². The minimum atomic E-state index is -0.580. The lowest BCUT2D eigenvalue weighted by molar-refractivity contribution is -0.162. The summed E-state index contributed by atoms with van der Waals surface area (Å²) < 4.78 is 10.9. The molecular weight excluding hydrogens is 218 g/mol. The van der Waals surface area contributed by atoms with Crippen molar-refractivity contribution in [3.8, 4) is 5.75 Å². The highest BCUT2D eigenvalue weighted by Crippen LogP contribution is 2.28. The van der Waals surface area contributed by atoms with Crippen LogP contribution in [0.25, 0.3) is 0 Å². The summed E-state index contributed by atoms with van der Waals surface area (Å²) in [6.45, 7) is 5.96. The van der Waals surface area contributed by atoms with E-state index in [1.807, 2.05) is 45.0 Å². The van der Waals surface area contributed by atoms with Gasteiger partial charge in [0.05, 0.1) is 12.2 Å². The maximum atomic E-state index is 11.8. The van der Waals surface area contributed by atoms with Gasteiger partial charge in [-0.1, -0.05) is 12.1 Å². The molecule has 1 aromatic rings. The second kappa shape index (κ2) is 4.28. The van der Waals surface area contributed by atoms with Gasteiger partial charge in [0.25, 0.3) is 0 Å². The van der Waals surface area contributed by atoms with Gasteiger partial charge in [-0.2, -0.15) is 0 Å². The first-order valence-electron chi connectivity index (χ1n) is 5.68. The van der Waals surface area contributed by atoms with E-state index in [2.05, 4.69) is 5.32 Å². The number of anilines is 1. The van der Waals surface area contributed by atoms with Crippen molar-refractivity contribution in [2.45, 2.75) is 32.5 Å². The number of hydrogen-bond acceptors (Lipinski definition) is 4. The Balaban J connectivity index is 2.05. The molecule has 4 nitrogen and oxygen atoms in total. The first-order chi connectivity index (χ1) is 7.96. The molecule has 2 rings (SSSR count). The third-order valence-electron chi connectivity index (χ3n) is 2.30. The number of esters is 1. The SMILES string of the molecule is CC(C)(C)OC(=O)C1CNc2ccccc2O1. The van der Waals surface area contributed by atoms with Crippen molar-refractivity contribution in [3.63, 3.8) is 0 Å². The Bertz CT molecular complexity index is 423. The van der Waals surface area contributed by atoms with Gasteiger partial charge >= 0.3 is 5.97 Å². The molecule has 4 heteroatoms. The molecule has 0 fully saturated rings. The third-order valence-corrected chi connectivity index (χ3v) is 2.30. The zero-order valence-electron chi connectivity index (χ0n) is 10.3. The van der Waals surface area contributed by atoms with Gasteiger partial charge in [0.15, 0.2) is 0 Å². The molecule has 0 spiro atoms. The van der Waals surface area contributed by atoms with Gasteiger partial charge in [0.2, 0.25) is 6.10 Å². The fraction of sp³-hybridized carbons (Fsp3) is 0.462. The van der Waals surface area contributed by atoms with Crippen molar-refractivity contribution in [3.05, 3.63) is 24.3 Å². The molecule has 1 aliphatic rings. The number of nitrogens with one attached hydrogen (secondary N) is 1. The summed E-state index contributed by atoms with van der Waals surface area (Å²) in [5.74, 6) is 0.356. The minimum absolute atomic E-state index is 0.334. The summed E-state index contributed by atoms with van der Waals surface area (Å²) in [6.07, 6.45) is -0.580. The molecule has 0 bridgehead atoms. The lowest BCUT2D eigenvalue weighted by Crippen LogP contribution is -2.41. The molecule has 1 aliphatic heterocycles. The summed E-state index contributed by atoms with van der Waals surface area (Å²) in [7, 11) is 0. The van der Waals surface area contributed by atoms with Crippen LogP contribution in [0.3, 0.4) is 0 Å². The Morgan fingerprint density at radius 2 is 2.12 bits per heavy atom. The fourth-order valence-corrected chi connectivity index (χ4v) is 1.61. The summed E-state index contributed by atoms with van der Waals surface area (Å²) in [5.41, 5.74) is 0.421. The van der Waals surface area contributed by atoms with Crippen molar-refractivity contribution >= 4 is 11.7 Å². The number of rotatable bonds is 1. The molecule has 92 valence electrons. The fourth-order valence-electron chi connectivity index (χ4n) is 1.61. The van der Waals surface area contributed by atoms with Crippen LogP contribution < -0.4 is 10.1 Å². The summed E-state index contributed by atoms with van der Waals surface area (Å²) in [5, 5.41) is 3.15. The summed E-state index contributed by atoms with van der Waals surface area (Å²) >= 11 is 0. The van der Waals surface area contributed by atoms with Gasteiger partial charge in [-0.05, 0) is 32.9 Å². The second-order valence-corrected chi connectivity index (χ2v) is 5.02. The number of carbonyl (C=O) groups is 1. The van der Waals surface area contributed by atoms with Crippen LogP contribution in [-0.4, -0.2) is 24.2 Å². The molecular formula is C13H17NO3. The maximum absolute atomic E-state index is 11.8. The molecule has 1 aromatic carbocycles. The van der Waals surface area contributed by atoms with Crippen molar-refractivity contribution in [2.24, 2.45) is 0 Å². The van der Waals surface area contributed by atoms with Crippen LogP contribution >= 0.6 is 0 Å². The third kappa shape index (κ3) is 2.90. The van der Waals surface area contributed by atoms with Crippen LogP contribution in [-0.2, 0) is 9.53 Å². The molecule has 0 saturated carbocycles. The molecule has 1 atom stereocenters. The van der Waals surface area contributed by atoms with Crippen LogP contribution in [0.2, 0.25) is 0 Å². The van der Waals surface area contributed by atoms with Crippen LogP contribution in [0, 0.1) is 0 Å². The predicted octanol–water partition coefficient (Wildman–Crippen LogP) is 2.20. The lowest BCUT2D eigenvalue weighted by atomic mass is 10.2. The molecule has 1 N–H and O–H groups in total. The van der Waals surface area contributed by atoms with Gasteiger partial charge in [-0.3, -0.25) is 0 Å². The van der Waals surface area contributed by atoms with E-state index in [1.165, 1.54) is 0 Å². The normalized spacial score (nSPS) is 18.6. The Labute approximate surface area is 101 Å². The van der Waals surface area contributed by atoms with Gasteiger partial charge in [0.1, 0.15) is 11.4 Å². The highest BCUT2D eigenvalue weighted by molar-refractivity contribution is 5.78. The quantitative estimate of drug-likeness (QED) is 0.758. The van der Waals surface area contributed by atoms with Crippen LogP contribution in [0.15, 0.2) is 24.3 Å². The van der Waals surface area contributed by atoms with E-state index in [1.54, 1.807) is 0 Å². The lowest BCUT2D eigenvalue weighted by Gasteiger charge is -2.28. The summed E-state index contributed by atoms with van der Waals surface area (Å²) in [6, 6.07) is 7.54. The zero-order valence-corrected chi connectivity index (χ0v) is 10.3. The number of hydrogen-bond donors (Lipinski definition) is 1. The Kier molecular flexibility index (Phi) is 2.96. The number of carbonyl (C=O) groups excluding carboxylic acids is 1. The van der Waals surface area contributed by atoms with E-state index in [0.717, 1.165) is 5.69 Å². The van der Waals surface area contributed by atoms with E-state index < -0.39 is 11.7 Å². The molecule has 17 heavy (non-hydrogen) atoms. The van der Waals surface area contributed by atoms with Crippen molar-refractivity contribution in [2.75, 3.05) is 11.9 Å². The van der Waals surface area contributed by atoms with Crippen molar-refractivity contribution < 1.29 is 14.3 Å². The molecule has 0 saturated heterocycles. The standard InChI is InChI=1S/C13H17NO3/c1-13(2,3)17-12(15)11-8-14-9-6-4-5-7-10(9)16-11/h4-7,11,14H,8H2,1-3H3.